The highest BCUT2D eigenvalue weighted by atomic mass is 19.3. The van der Waals surface area contributed by atoms with Gasteiger partial charge in [-0.3, -0.25) is 34.4 Å². The number of para-hydroxylation sites is 1. The third-order valence-electron chi connectivity index (χ3n) is 12.3. The molecule has 2 N–H and O–H groups in total. The van der Waals surface area contributed by atoms with E-state index < -0.39 is 42.6 Å². The molecule has 0 bridgehead atoms. The molecule has 6 heterocycles. The number of nitrogens with zero attached hydrogens (tertiary/aromatic N) is 5. The summed E-state index contributed by atoms with van der Waals surface area (Å²) in [5.74, 6) is -2.37. The van der Waals surface area contributed by atoms with E-state index in [0.717, 1.165) is 47.2 Å². The van der Waals surface area contributed by atoms with Crippen molar-refractivity contribution in [3.8, 4) is 0 Å². The van der Waals surface area contributed by atoms with Crippen molar-refractivity contribution in [3.63, 3.8) is 0 Å². The van der Waals surface area contributed by atoms with E-state index in [1.54, 1.807) is 4.90 Å². The van der Waals surface area contributed by atoms with Crippen LogP contribution in [0.15, 0.2) is 48.5 Å². The second kappa shape index (κ2) is 14.1. The molecule has 288 valence electrons. The van der Waals surface area contributed by atoms with Gasteiger partial charge in [-0.1, -0.05) is 24.3 Å². The molecule has 5 aliphatic rings. The lowest BCUT2D eigenvalue weighted by Gasteiger charge is -2.41. The van der Waals surface area contributed by atoms with E-state index in [-0.39, 0.29) is 29.8 Å². The fourth-order valence-corrected chi connectivity index (χ4v) is 9.49. The molecule has 10 nitrogen and oxygen atoms in total. The van der Waals surface area contributed by atoms with Crippen LogP contribution in [0.3, 0.4) is 0 Å². The van der Waals surface area contributed by atoms with Crippen LogP contribution < -0.4 is 10.2 Å². The van der Waals surface area contributed by atoms with Gasteiger partial charge in [-0.2, -0.15) is 0 Å². The third kappa shape index (κ3) is 6.47. The second-order valence-electron chi connectivity index (χ2n) is 15.6. The van der Waals surface area contributed by atoms with E-state index in [2.05, 4.69) is 26.2 Å². The number of aromatic amines is 1. The smallest absolute Gasteiger partial charge is 0.255 e. The summed E-state index contributed by atoms with van der Waals surface area (Å²) < 4.78 is 60.1. The van der Waals surface area contributed by atoms with Gasteiger partial charge in [0, 0.05) is 105 Å². The molecular formula is C41H43F4N7O3. The van der Waals surface area contributed by atoms with Crippen molar-refractivity contribution in [2.75, 3.05) is 50.7 Å². The minimum atomic E-state index is -2.66. The first-order valence-corrected chi connectivity index (χ1v) is 19.1. The zero-order chi connectivity index (χ0) is 38.1. The molecule has 0 spiro atoms. The van der Waals surface area contributed by atoms with Gasteiger partial charge in [-0.15, -0.1) is 0 Å². The van der Waals surface area contributed by atoms with Crippen molar-refractivity contribution in [1.82, 2.24) is 29.9 Å². The summed E-state index contributed by atoms with van der Waals surface area (Å²) in [6.07, 6.45) is -1.61. The monoisotopic (exact) mass is 757 g/mol. The highest BCUT2D eigenvalue weighted by Crippen LogP contribution is 2.43. The topological polar surface area (TPSA) is 95.2 Å². The van der Waals surface area contributed by atoms with Crippen LogP contribution >= 0.6 is 0 Å². The number of amides is 3. The first-order chi connectivity index (χ1) is 26.5. The van der Waals surface area contributed by atoms with E-state index >= 15 is 8.78 Å². The number of benzene rings is 3. The van der Waals surface area contributed by atoms with Crippen molar-refractivity contribution >= 4 is 34.3 Å². The molecule has 3 amide bonds. The Morgan fingerprint density at radius 3 is 2.29 bits per heavy atom. The lowest BCUT2D eigenvalue weighted by Crippen LogP contribution is -2.52. The number of rotatable bonds is 8. The molecule has 14 heteroatoms. The van der Waals surface area contributed by atoms with Gasteiger partial charge in [0.1, 0.15) is 17.7 Å². The van der Waals surface area contributed by atoms with Gasteiger partial charge in [0.25, 0.3) is 12.3 Å². The lowest BCUT2D eigenvalue weighted by atomic mass is 9.88. The van der Waals surface area contributed by atoms with Gasteiger partial charge < -0.3 is 14.8 Å². The van der Waals surface area contributed by atoms with E-state index in [1.807, 2.05) is 42.2 Å². The maximum Gasteiger partial charge on any atom is 0.255 e. The Morgan fingerprint density at radius 1 is 0.855 bits per heavy atom. The van der Waals surface area contributed by atoms with E-state index in [1.165, 1.54) is 22.6 Å². The summed E-state index contributed by atoms with van der Waals surface area (Å²) in [5, 5.41) is 3.29. The first kappa shape index (κ1) is 35.9. The fraction of sp³-hybridized carbons (Fsp3) is 0.439. The summed E-state index contributed by atoms with van der Waals surface area (Å²) in [7, 11) is 0. The molecule has 5 aliphatic heterocycles. The van der Waals surface area contributed by atoms with Crippen LogP contribution in [-0.2, 0) is 35.6 Å². The Hall–Kier alpha value is -4.79. The van der Waals surface area contributed by atoms with Gasteiger partial charge >= 0.3 is 0 Å². The van der Waals surface area contributed by atoms with Crippen LogP contribution in [0.1, 0.15) is 69.7 Å². The average molecular weight is 758 g/mol. The standard InChI is InChI=1S/C41H43F4N7O3/c1-23-14-30-28-4-2-3-5-33(28)46-38(30)39(51(23)22-35(44)45)37-31(42)17-27(18-32(37)43)50-12-10-48(11-13-50)8-9-49-19-24-15-26-21-52(34-6-7-36(53)47-40(34)54)41(55)29(26)16-25(24)20-49/h2-5,15-18,23,34-35,39,46H,6-14,19-22H2,1H3,(H,47,53,54)/t23-,34?,39-/m1/s1. The summed E-state index contributed by atoms with van der Waals surface area (Å²) in [6.45, 7) is 7.30. The number of H-pyrrole nitrogens is 1. The Balaban J connectivity index is 0.831. The SMILES string of the molecule is C[C@@H]1Cc2c([nH]c3ccccc23)[C@@H](c2c(F)cc(N3CCN(CCN4Cc5cc6c(cc5C4)C(=O)N(C4CCC(=O)NC4=O)C6)CC3)cc2F)N1CC(F)F. The molecule has 0 radical (unpaired) electrons. The zero-order valence-corrected chi connectivity index (χ0v) is 30.6. The van der Waals surface area contributed by atoms with E-state index in [4.69, 9.17) is 0 Å². The van der Waals surface area contributed by atoms with Crippen molar-refractivity contribution in [2.45, 2.75) is 70.4 Å². The Bertz CT molecular complexity index is 2180. The number of nitrogens with one attached hydrogen (secondary N) is 2. The van der Waals surface area contributed by atoms with Crippen LogP contribution in [0.5, 0.6) is 0 Å². The molecular weight excluding hydrogens is 714 g/mol. The molecule has 9 rings (SSSR count). The molecule has 2 saturated heterocycles. The number of imide groups is 1. The largest absolute Gasteiger partial charge is 0.369 e. The number of carbonyl (C=O) groups excluding carboxylic acids is 3. The normalized spacial score (nSPS) is 23.5. The number of piperidine rings is 1. The molecule has 0 aliphatic carbocycles. The van der Waals surface area contributed by atoms with Crippen LogP contribution in [0, 0.1) is 11.6 Å². The van der Waals surface area contributed by atoms with Crippen LogP contribution in [0.4, 0.5) is 23.2 Å². The second-order valence-corrected chi connectivity index (χ2v) is 15.6. The van der Waals surface area contributed by atoms with Crippen LogP contribution in [0.25, 0.3) is 10.9 Å². The van der Waals surface area contributed by atoms with Gasteiger partial charge in [-0.05, 0) is 66.3 Å². The summed E-state index contributed by atoms with van der Waals surface area (Å²) in [6, 6.07) is 12.4. The van der Waals surface area contributed by atoms with E-state index in [0.29, 0.717) is 69.1 Å². The van der Waals surface area contributed by atoms with Crippen molar-refractivity contribution in [2.24, 2.45) is 0 Å². The molecule has 0 saturated carbocycles. The molecule has 55 heavy (non-hydrogen) atoms. The van der Waals surface area contributed by atoms with Crippen molar-refractivity contribution in [3.05, 3.63) is 99.2 Å². The maximum absolute atomic E-state index is 16.2. The van der Waals surface area contributed by atoms with Gasteiger partial charge in [0.15, 0.2) is 0 Å². The molecule has 4 aromatic rings. The van der Waals surface area contributed by atoms with Crippen LogP contribution in [-0.4, -0.2) is 107 Å². The summed E-state index contributed by atoms with van der Waals surface area (Å²) in [5.41, 5.74) is 6.33. The van der Waals surface area contributed by atoms with Crippen molar-refractivity contribution < 1.29 is 31.9 Å². The maximum atomic E-state index is 16.2. The zero-order valence-electron chi connectivity index (χ0n) is 30.6. The summed E-state index contributed by atoms with van der Waals surface area (Å²) >= 11 is 0. The number of fused-ring (bicyclic) bond motifs is 5. The Labute approximate surface area is 316 Å². The molecule has 2 fully saturated rings. The number of anilines is 1. The van der Waals surface area contributed by atoms with Gasteiger partial charge in [0.05, 0.1) is 12.6 Å². The predicted octanol–water partition coefficient (Wildman–Crippen LogP) is 4.95. The first-order valence-electron chi connectivity index (χ1n) is 19.1. The minimum absolute atomic E-state index is 0.168. The average Bonchev–Trinajstić information content (AvgIpc) is 3.83. The van der Waals surface area contributed by atoms with Gasteiger partial charge in [0.2, 0.25) is 11.8 Å². The number of piperazine rings is 1. The summed E-state index contributed by atoms with van der Waals surface area (Å²) in [4.78, 5) is 50.4. The molecule has 3 aromatic carbocycles. The Morgan fingerprint density at radius 2 is 1.56 bits per heavy atom. The highest BCUT2D eigenvalue weighted by Gasteiger charge is 2.42. The molecule has 1 aromatic heterocycles. The quantitative estimate of drug-likeness (QED) is 0.194. The minimum Gasteiger partial charge on any atom is -0.369 e. The molecule has 1 unspecified atom stereocenters. The third-order valence-corrected chi connectivity index (χ3v) is 12.3. The number of halogens is 4. The number of aromatic nitrogens is 1. The Kier molecular flexibility index (Phi) is 9.17. The number of hydrogen-bond acceptors (Lipinski definition) is 7. The fourth-order valence-electron chi connectivity index (χ4n) is 9.49. The number of hydrogen-bond donors (Lipinski definition) is 2. The molecule has 3 atom stereocenters. The lowest BCUT2D eigenvalue weighted by molar-refractivity contribution is -0.136. The van der Waals surface area contributed by atoms with Gasteiger partial charge in [-0.25, -0.2) is 17.6 Å². The predicted molar refractivity (Wildman–Crippen MR) is 198 cm³/mol. The van der Waals surface area contributed by atoms with Crippen molar-refractivity contribution in [1.29, 1.82) is 0 Å². The van der Waals surface area contributed by atoms with Crippen LogP contribution in [0.2, 0.25) is 0 Å². The number of carbonyl (C=O) groups is 3. The number of alkyl halides is 2. The van der Waals surface area contributed by atoms with E-state index in [9.17, 15) is 23.2 Å². The highest BCUT2D eigenvalue weighted by molar-refractivity contribution is 6.05.